The molecule has 0 spiro atoms. The number of ether oxygens (including phenoxy) is 2. The molecule has 21 heavy (non-hydrogen) atoms. The van der Waals surface area contributed by atoms with Crippen molar-refractivity contribution in [2.24, 2.45) is 0 Å². The Morgan fingerprint density at radius 3 is 2.38 bits per heavy atom. The first-order valence-electron chi connectivity index (χ1n) is 7.70. The van der Waals surface area contributed by atoms with Gasteiger partial charge in [-0.15, -0.1) is 0 Å². The zero-order valence-electron chi connectivity index (χ0n) is 13.7. The molecule has 1 atom stereocenters. The summed E-state index contributed by atoms with van der Waals surface area (Å²) in [6.07, 6.45) is 0.770. The Balaban J connectivity index is 2.51. The Morgan fingerprint density at radius 1 is 1.19 bits per heavy atom. The van der Waals surface area contributed by atoms with E-state index in [1.165, 1.54) is 5.56 Å². The lowest BCUT2D eigenvalue weighted by Gasteiger charge is -2.25. The monoisotopic (exact) mass is 295 g/mol. The third-order valence-electron chi connectivity index (χ3n) is 3.20. The van der Waals surface area contributed by atoms with Crippen LogP contribution in [-0.2, 0) is 11.3 Å². The fourth-order valence-corrected chi connectivity index (χ4v) is 2.19. The van der Waals surface area contributed by atoms with Crippen molar-refractivity contribution >= 4 is 0 Å². The molecule has 1 aromatic carbocycles. The molecule has 1 unspecified atom stereocenters. The minimum absolute atomic E-state index is 0.154. The van der Waals surface area contributed by atoms with Gasteiger partial charge in [0.2, 0.25) is 0 Å². The number of nitrogens with zero attached hydrogens (tertiary/aromatic N) is 1. The molecule has 0 aliphatic rings. The lowest BCUT2D eigenvalue weighted by molar-refractivity contribution is -0.00949. The van der Waals surface area contributed by atoms with Gasteiger partial charge in [-0.1, -0.05) is 19.1 Å². The molecule has 0 saturated heterocycles. The summed E-state index contributed by atoms with van der Waals surface area (Å²) in [5.41, 5.74) is 1.22. The van der Waals surface area contributed by atoms with Gasteiger partial charge in [-0.25, -0.2) is 0 Å². The van der Waals surface area contributed by atoms with Crippen molar-refractivity contribution in [1.82, 2.24) is 4.90 Å². The van der Waals surface area contributed by atoms with Gasteiger partial charge in [0.25, 0.3) is 0 Å². The van der Waals surface area contributed by atoms with Crippen molar-refractivity contribution in [1.29, 1.82) is 0 Å². The molecular formula is C17H29NO3. The maximum atomic E-state index is 10.1. The van der Waals surface area contributed by atoms with Crippen molar-refractivity contribution < 1.29 is 14.6 Å². The zero-order chi connectivity index (χ0) is 15.7. The van der Waals surface area contributed by atoms with Gasteiger partial charge in [0, 0.05) is 13.1 Å². The average Bonchev–Trinajstić information content (AvgIpc) is 2.46. The normalized spacial score (nSPS) is 12.9. The topological polar surface area (TPSA) is 41.9 Å². The molecule has 0 aliphatic heterocycles. The van der Waals surface area contributed by atoms with Crippen LogP contribution in [0.1, 0.15) is 32.8 Å². The van der Waals surface area contributed by atoms with E-state index in [0.717, 1.165) is 25.3 Å². The first kappa shape index (κ1) is 18.0. The minimum atomic E-state index is -0.447. The van der Waals surface area contributed by atoms with Crippen molar-refractivity contribution in [2.75, 3.05) is 26.8 Å². The third-order valence-corrected chi connectivity index (χ3v) is 3.20. The summed E-state index contributed by atoms with van der Waals surface area (Å²) in [4.78, 5) is 2.26. The molecule has 1 N–H and O–H groups in total. The van der Waals surface area contributed by atoms with Crippen LogP contribution in [0.5, 0.6) is 5.75 Å². The van der Waals surface area contributed by atoms with E-state index in [2.05, 4.69) is 24.0 Å². The summed E-state index contributed by atoms with van der Waals surface area (Å²) in [6.45, 7) is 8.92. The number of benzene rings is 1. The minimum Gasteiger partial charge on any atom is -0.497 e. The van der Waals surface area contributed by atoms with Crippen molar-refractivity contribution in [2.45, 2.75) is 45.9 Å². The molecule has 0 aromatic heterocycles. The Kier molecular flexibility index (Phi) is 8.35. The van der Waals surface area contributed by atoms with Crippen LogP contribution in [0.4, 0.5) is 0 Å². The molecule has 0 bridgehead atoms. The van der Waals surface area contributed by atoms with Gasteiger partial charge >= 0.3 is 0 Å². The molecule has 1 rings (SSSR count). The van der Waals surface area contributed by atoms with Crippen LogP contribution in [0, 0.1) is 0 Å². The van der Waals surface area contributed by atoms with Crippen LogP contribution in [0.3, 0.4) is 0 Å². The van der Waals surface area contributed by atoms with E-state index in [1.54, 1.807) is 7.11 Å². The van der Waals surface area contributed by atoms with E-state index in [0.29, 0.717) is 13.2 Å². The molecule has 0 fully saturated rings. The number of methoxy groups -OCH3 is 1. The maximum Gasteiger partial charge on any atom is 0.118 e. The number of hydrogen-bond acceptors (Lipinski definition) is 4. The summed E-state index contributed by atoms with van der Waals surface area (Å²) < 4.78 is 10.6. The van der Waals surface area contributed by atoms with E-state index >= 15 is 0 Å². The molecule has 0 amide bonds. The lowest BCUT2D eigenvalue weighted by Crippen LogP contribution is -2.35. The molecule has 1 aromatic rings. The van der Waals surface area contributed by atoms with Gasteiger partial charge < -0.3 is 14.6 Å². The summed E-state index contributed by atoms with van der Waals surface area (Å²) in [7, 11) is 1.67. The highest BCUT2D eigenvalue weighted by molar-refractivity contribution is 5.27. The smallest absolute Gasteiger partial charge is 0.118 e. The molecule has 4 heteroatoms. The van der Waals surface area contributed by atoms with Gasteiger partial charge in [0.05, 0.1) is 25.9 Å². The van der Waals surface area contributed by atoms with Gasteiger partial charge in [0.1, 0.15) is 5.75 Å². The summed E-state index contributed by atoms with van der Waals surface area (Å²) >= 11 is 0. The van der Waals surface area contributed by atoms with Gasteiger partial charge in [-0.2, -0.15) is 0 Å². The predicted molar refractivity (Wildman–Crippen MR) is 85.7 cm³/mol. The maximum absolute atomic E-state index is 10.1. The van der Waals surface area contributed by atoms with Gasteiger partial charge in [0.15, 0.2) is 0 Å². The molecule has 0 saturated carbocycles. The van der Waals surface area contributed by atoms with Crippen molar-refractivity contribution in [3.05, 3.63) is 29.8 Å². The number of aliphatic hydroxyl groups is 1. The molecule has 0 aliphatic carbocycles. The largest absolute Gasteiger partial charge is 0.497 e. The highest BCUT2D eigenvalue weighted by atomic mass is 16.5. The Morgan fingerprint density at radius 2 is 1.86 bits per heavy atom. The fourth-order valence-electron chi connectivity index (χ4n) is 2.19. The van der Waals surface area contributed by atoms with Crippen LogP contribution in [0.25, 0.3) is 0 Å². The molecular weight excluding hydrogens is 266 g/mol. The number of hydrogen-bond donors (Lipinski definition) is 1. The number of rotatable bonds is 10. The second-order valence-corrected chi connectivity index (χ2v) is 5.62. The quantitative estimate of drug-likeness (QED) is 0.720. The van der Waals surface area contributed by atoms with E-state index in [-0.39, 0.29) is 6.10 Å². The van der Waals surface area contributed by atoms with Crippen LogP contribution < -0.4 is 4.74 Å². The van der Waals surface area contributed by atoms with Crippen LogP contribution >= 0.6 is 0 Å². The highest BCUT2D eigenvalue weighted by Gasteiger charge is 2.12. The fraction of sp³-hybridized carbons (Fsp3) is 0.647. The van der Waals surface area contributed by atoms with E-state index in [4.69, 9.17) is 9.47 Å². The van der Waals surface area contributed by atoms with Crippen LogP contribution in [0.2, 0.25) is 0 Å². The summed E-state index contributed by atoms with van der Waals surface area (Å²) in [5.74, 6) is 0.867. The average molecular weight is 295 g/mol. The van der Waals surface area contributed by atoms with Gasteiger partial charge in [-0.05, 0) is 44.5 Å². The second kappa shape index (κ2) is 9.77. The van der Waals surface area contributed by atoms with Crippen molar-refractivity contribution in [3.8, 4) is 5.75 Å². The molecule has 0 heterocycles. The molecule has 120 valence electrons. The van der Waals surface area contributed by atoms with E-state index < -0.39 is 6.10 Å². The highest BCUT2D eigenvalue weighted by Crippen LogP contribution is 2.13. The molecule has 0 radical (unpaired) electrons. The van der Waals surface area contributed by atoms with E-state index in [1.807, 2.05) is 26.0 Å². The standard InChI is InChI=1S/C17H29NO3/c1-5-10-18(12-16(19)13-21-14(2)3)11-15-6-8-17(20-4)9-7-15/h6-9,14,16,19H,5,10-13H2,1-4H3. The summed E-state index contributed by atoms with van der Waals surface area (Å²) in [5, 5.41) is 10.1. The second-order valence-electron chi connectivity index (χ2n) is 5.62. The summed E-state index contributed by atoms with van der Waals surface area (Å²) in [6, 6.07) is 8.08. The Bertz CT molecular complexity index is 378. The van der Waals surface area contributed by atoms with Gasteiger partial charge in [-0.3, -0.25) is 4.90 Å². The van der Waals surface area contributed by atoms with Crippen molar-refractivity contribution in [3.63, 3.8) is 0 Å². The number of aliphatic hydroxyl groups excluding tert-OH is 1. The SMILES string of the molecule is CCCN(Cc1ccc(OC)cc1)CC(O)COC(C)C. The Hall–Kier alpha value is -1.10. The molecule has 4 nitrogen and oxygen atoms in total. The van der Waals surface area contributed by atoms with Crippen LogP contribution in [-0.4, -0.2) is 49.0 Å². The van der Waals surface area contributed by atoms with E-state index in [9.17, 15) is 5.11 Å². The predicted octanol–water partition coefficient (Wildman–Crippen LogP) is 2.69. The Labute approximate surface area is 128 Å². The zero-order valence-corrected chi connectivity index (χ0v) is 13.7. The first-order valence-corrected chi connectivity index (χ1v) is 7.70. The third kappa shape index (κ3) is 7.46. The lowest BCUT2D eigenvalue weighted by atomic mass is 10.2. The first-order chi connectivity index (χ1) is 10.0. The van der Waals surface area contributed by atoms with Crippen LogP contribution in [0.15, 0.2) is 24.3 Å².